The number of allylic oxidation sites excluding steroid dienone is 3. The Balaban J connectivity index is 1.79. The van der Waals surface area contributed by atoms with E-state index in [0.29, 0.717) is 5.92 Å². The van der Waals surface area contributed by atoms with Gasteiger partial charge in [0.2, 0.25) is 5.56 Å². The van der Waals surface area contributed by atoms with Crippen LogP contribution in [0.2, 0.25) is 0 Å². The zero-order chi connectivity index (χ0) is 18.9. The maximum absolute atomic E-state index is 11.9. The van der Waals surface area contributed by atoms with Crippen molar-refractivity contribution in [2.45, 2.75) is 32.2 Å². The Hall–Kier alpha value is -2.94. The molecule has 2 aromatic rings. The lowest BCUT2D eigenvalue weighted by molar-refractivity contribution is 0.413. The number of hydrogen-bond acceptors (Lipinski definition) is 2. The van der Waals surface area contributed by atoms with Gasteiger partial charge in [0.25, 0.3) is 0 Å². The predicted octanol–water partition coefficient (Wildman–Crippen LogP) is 4.82. The van der Waals surface area contributed by atoms with E-state index in [1.54, 1.807) is 6.07 Å². The van der Waals surface area contributed by atoms with Gasteiger partial charge in [-0.15, -0.1) is 0 Å². The standard InChI is InChI=1S/C24H24N2O/c1-3-20-19-14-17(2)16-24(20,21-11-12-23(27)26-22(21)15-19)25-13-7-10-18-8-5-4-6-9-18/h3-14,19H,15-16H2,1-2H3,(H,26,27)/b10-7-,20-3+,25-13?. The number of nitrogens with zero attached hydrogens (tertiary/aromatic N) is 1. The normalized spacial score (nSPS) is 25.8. The van der Waals surface area contributed by atoms with Crippen molar-refractivity contribution in [1.29, 1.82) is 0 Å². The molecule has 1 heterocycles. The number of nitrogens with one attached hydrogen (secondary N) is 1. The van der Waals surface area contributed by atoms with Gasteiger partial charge >= 0.3 is 0 Å². The minimum Gasteiger partial charge on any atom is -0.326 e. The Labute approximate surface area is 159 Å². The molecule has 2 aliphatic rings. The Morgan fingerprint density at radius 2 is 2.00 bits per heavy atom. The third kappa shape index (κ3) is 3.14. The molecule has 136 valence electrons. The van der Waals surface area contributed by atoms with Gasteiger partial charge in [-0.1, -0.05) is 54.1 Å². The van der Waals surface area contributed by atoms with Crippen LogP contribution in [0.15, 0.2) is 81.6 Å². The molecule has 3 nitrogen and oxygen atoms in total. The number of fused-ring (bicyclic) bond motifs is 4. The number of H-pyrrole nitrogens is 1. The van der Waals surface area contributed by atoms with Crippen LogP contribution in [-0.2, 0) is 12.0 Å². The number of aliphatic imine (C=N–C) groups is 1. The molecule has 4 rings (SSSR count). The van der Waals surface area contributed by atoms with Gasteiger partial charge < -0.3 is 4.98 Å². The van der Waals surface area contributed by atoms with Gasteiger partial charge in [-0.25, -0.2) is 0 Å². The molecule has 1 aromatic carbocycles. The second kappa shape index (κ2) is 6.99. The van der Waals surface area contributed by atoms with Crippen molar-refractivity contribution >= 4 is 12.3 Å². The largest absolute Gasteiger partial charge is 0.326 e. The number of pyridine rings is 1. The van der Waals surface area contributed by atoms with E-state index in [1.807, 2.05) is 36.6 Å². The molecule has 2 bridgehead atoms. The Morgan fingerprint density at radius 1 is 1.19 bits per heavy atom. The van der Waals surface area contributed by atoms with Gasteiger partial charge in [-0.2, -0.15) is 0 Å². The molecule has 1 N–H and O–H groups in total. The summed E-state index contributed by atoms with van der Waals surface area (Å²) in [6.45, 7) is 4.28. The summed E-state index contributed by atoms with van der Waals surface area (Å²) in [5, 5.41) is 0. The van der Waals surface area contributed by atoms with Crippen LogP contribution in [0.25, 0.3) is 6.08 Å². The zero-order valence-electron chi connectivity index (χ0n) is 15.8. The Kier molecular flexibility index (Phi) is 4.53. The van der Waals surface area contributed by atoms with Crippen molar-refractivity contribution in [2.24, 2.45) is 10.9 Å². The number of aromatic nitrogens is 1. The molecule has 0 radical (unpaired) electrons. The fraction of sp³-hybridized carbons (Fsp3) is 0.250. The molecule has 0 fully saturated rings. The van der Waals surface area contributed by atoms with Crippen molar-refractivity contribution in [3.8, 4) is 0 Å². The van der Waals surface area contributed by atoms with Crippen molar-refractivity contribution in [2.75, 3.05) is 0 Å². The topological polar surface area (TPSA) is 45.2 Å². The van der Waals surface area contributed by atoms with E-state index in [2.05, 4.69) is 49.2 Å². The smallest absolute Gasteiger partial charge is 0.248 e. The van der Waals surface area contributed by atoms with Crippen LogP contribution in [-0.4, -0.2) is 11.2 Å². The van der Waals surface area contributed by atoms with Crippen molar-refractivity contribution in [3.05, 3.63) is 99.0 Å². The third-order valence-electron chi connectivity index (χ3n) is 5.55. The second-order valence-electron chi connectivity index (χ2n) is 7.37. The van der Waals surface area contributed by atoms with Gasteiger partial charge in [-0.3, -0.25) is 9.79 Å². The van der Waals surface area contributed by atoms with Gasteiger partial charge in [0.15, 0.2) is 0 Å². The second-order valence-corrected chi connectivity index (χ2v) is 7.37. The highest BCUT2D eigenvalue weighted by Gasteiger charge is 2.46. The minimum atomic E-state index is -0.420. The summed E-state index contributed by atoms with van der Waals surface area (Å²) < 4.78 is 0. The SMILES string of the molecule is C/C=C1\C2C=C(C)CC1(N=C/C=C\c1ccccc1)c1ccc(=O)[nH]c1C2. The number of aromatic amines is 1. The van der Waals surface area contributed by atoms with Crippen LogP contribution in [0.4, 0.5) is 0 Å². The highest BCUT2D eigenvalue weighted by molar-refractivity contribution is 5.79. The molecule has 0 amide bonds. The average Bonchev–Trinajstić information content (AvgIpc) is 2.65. The monoisotopic (exact) mass is 356 g/mol. The van der Waals surface area contributed by atoms with Crippen LogP contribution in [0, 0.1) is 5.92 Å². The summed E-state index contributed by atoms with van der Waals surface area (Å²) >= 11 is 0. The first-order valence-corrected chi connectivity index (χ1v) is 9.46. The van der Waals surface area contributed by atoms with E-state index in [9.17, 15) is 4.79 Å². The maximum atomic E-state index is 11.9. The fourth-order valence-corrected chi connectivity index (χ4v) is 4.54. The lowest BCUT2D eigenvalue weighted by Gasteiger charge is -2.45. The van der Waals surface area contributed by atoms with Crippen LogP contribution < -0.4 is 5.56 Å². The minimum absolute atomic E-state index is 0.0421. The molecule has 0 spiro atoms. The molecule has 2 unspecified atom stereocenters. The Morgan fingerprint density at radius 3 is 2.78 bits per heavy atom. The summed E-state index contributed by atoms with van der Waals surface area (Å²) in [7, 11) is 0. The zero-order valence-corrected chi connectivity index (χ0v) is 15.8. The summed E-state index contributed by atoms with van der Waals surface area (Å²) in [6, 6.07) is 13.8. The molecule has 0 saturated heterocycles. The number of rotatable bonds is 3. The van der Waals surface area contributed by atoms with E-state index in [1.165, 1.54) is 11.1 Å². The van der Waals surface area contributed by atoms with Crippen LogP contribution >= 0.6 is 0 Å². The van der Waals surface area contributed by atoms with E-state index >= 15 is 0 Å². The molecule has 3 heteroatoms. The van der Waals surface area contributed by atoms with Gasteiger partial charge in [-0.05, 0) is 43.5 Å². The maximum Gasteiger partial charge on any atom is 0.248 e. The fourth-order valence-electron chi connectivity index (χ4n) is 4.54. The highest BCUT2D eigenvalue weighted by Crippen LogP contribution is 2.51. The molecule has 2 aliphatic carbocycles. The highest BCUT2D eigenvalue weighted by atomic mass is 16.1. The van der Waals surface area contributed by atoms with Gasteiger partial charge in [0.05, 0.1) is 0 Å². The predicted molar refractivity (Wildman–Crippen MR) is 112 cm³/mol. The van der Waals surface area contributed by atoms with Crippen molar-refractivity contribution in [3.63, 3.8) is 0 Å². The summed E-state index contributed by atoms with van der Waals surface area (Å²) in [6.07, 6.45) is 12.2. The average molecular weight is 356 g/mol. The molecular weight excluding hydrogens is 332 g/mol. The first-order chi connectivity index (χ1) is 13.1. The summed E-state index contributed by atoms with van der Waals surface area (Å²) in [4.78, 5) is 20.0. The summed E-state index contributed by atoms with van der Waals surface area (Å²) in [5.41, 5.74) is 5.52. The summed E-state index contributed by atoms with van der Waals surface area (Å²) in [5.74, 6) is 0.296. The molecule has 0 saturated carbocycles. The van der Waals surface area contributed by atoms with E-state index in [0.717, 1.165) is 29.7 Å². The first-order valence-electron chi connectivity index (χ1n) is 9.46. The van der Waals surface area contributed by atoms with Crippen molar-refractivity contribution < 1.29 is 0 Å². The van der Waals surface area contributed by atoms with Gasteiger partial charge in [0.1, 0.15) is 5.54 Å². The van der Waals surface area contributed by atoms with Crippen LogP contribution in [0.1, 0.15) is 37.1 Å². The van der Waals surface area contributed by atoms with E-state index in [-0.39, 0.29) is 5.56 Å². The lowest BCUT2D eigenvalue weighted by atomic mass is 9.63. The molecule has 27 heavy (non-hydrogen) atoms. The first kappa shape index (κ1) is 17.5. The molecule has 0 aliphatic heterocycles. The van der Waals surface area contributed by atoms with Gasteiger partial charge in [0, 0.05) is 35.9 Å². The molecule has 1 aromatic heterocycles. The van der Waals surface area contributed by atoms with Crippen LogP contribution in [0.5, 0.6) is 0 Å². The quantitative estimate of drug-likeness (QED) is 0.622. The van der Waals surface area contributed by atoms with E-state index < -0.39 is 5.54 Å². The number of hydrogen-bond donors (Lipinski definition) is 1. The Bertz CT molecular complexity index is 1020. The van der Waals surface area contributed by atoms with Crippen molar-refractivity contribution in [1.82, 2.24) is 4.98 Å². The lowest BCUT2D eigenvalue weighted by Crippen LogP contribution is -2.40. The third-order valence-corrected chi connectivity index (χ3v) is 5.55. The molecule has 2 atom stereocenters. The molecular formula is C24H24N2O. The van der Waals surface area contributed by atoms with Crippen LogP contribution in [0.3, 0.4) is 0 Å². The van der Waals surface area contributed by atoms with E-state index in [4.69, 9.17) is 4.99 Å². The number of benzene rings is 1.